The van der Waals surface area contributed by atoms with Gasteiger partial charge in [-0.2, -0.15) is 0 Å². The molecule has 0 atom stereocenters. The van der Waals surface area contributed by atoms with Gasteiger partial charge in [0.2, 0.25) is 11.8 Å². The van der Waals surface area contributed by atoms with Gasteiger partial charge in [0.1, 0.15) is 0 Å². The van der Waals surface area contributed by atoms with Crippen LogP contribution >= 0.6 is 0 Å². The molecule has 0 saturated carbocycles. The van der Waals surface area contributed by atoms with Gasteiger partial charge in [-0.15, -0.1) is 0 Å². The Hall–Kier alpha value is -2.63. The van der Waals surface area contributed by atoms with Crippen molar-refractivity contribution in [3.63, 3.8) is 0 Å². The fourth-order valence-electron chi connectivity index (χ4n) is 0.740. The van der Waals surface area contributed by atoms with Gasteiger partial charge < -0.3 is 15.2 Å². The largest absolute Gasteiger partial charge is 0.335 e. The van der Waals surface area contributed by atoms with Crippen molar-refractivity contribution in [2.75, 3.05) is 6.67 Å². The summed E-state index contributed by atoms with van der Waals surface area (Å²) in [5.74, 6) is -0.649. The highest BCUT2D eigenvalue weighted by atomic mass is 16.2. The van der Waals surface area contributed by atoms with E-state index >= 15 is 0 Å². The number of nitrogens with one attached hydrogen (secondary N) is 2. The lowest BCUT2D eigenvalue weighted by molar-refractivity contribution is -0.118. The van der Waals surface area contributed by atoms with Crippen molar-refractivity contribution < 1.29 is 9.59 Å². The summed E-state index contributed by atoms with van der Waals surface area (Å²) >= 11 is 0. The van der Waals surface area contributed by atoms with Crippen LogP contribution in [0, 0.1) is 0 Å². The van der Waals surface area contributed by atoms with Crippen LogP contribution in [-0.2, 0) is 9.59 Å². The molecule has 18 heavy (non-hydrogen) atoms. The first-order valence-electron chi connectivity index (χ1n) is 5.04. The Labute approximate surface area is 106 Å². The van der Waals surface area contributed by atoms with E-state index in [2.05, 4.69) is 35.4 Å². The maximum absolute atomic E-state index is 10.5. The maximum atomic E-state index is 10.5. The van der Waals surface area contributed by atoms with Crippen LogP contribution in [0.1, 0.15) is 0 Å². The Kier molecular flexibility index (Phi) is 8.19. The van der Waals surface area contributed by atoms with Crippen LogP contribution < -0.4 is 10.6 Å². The summed E-state index contributed by atoms with van der Waals surface area (Å²) in [5, 5.41) is 4.72. The molecule has 0 bridgehead atoms. The monoisotopic (exact) mass is 248 g/mol. The number of rotatable bonds is 5. The molecule has 2 N–H and O–H groups in total. The topological polar surface area (TPSA) is 76.0 Å². The number of hydrogen-bond acceptors (Lipinski definition) is 3. The molecule has 0 spiro atoms. The molecule has 1 heterocycles. The maximum Gasteiger partial charge on any atom is 0.244 e. The van der Waals surface area contributed by atoms with Crippen LogP contribution in [0.15, 0.2) is 50.6 Å². The summed E-state index contributed by atoms with van der Waals surface area (Å²) in [6.07, 6.45) is 9.16. The summed E-state index contributed by atoms with van der Waals surface area (Å²) in [6, 6.07) is 0. The van der Waals surface area contributed by atoms with Crippen LogP contribution in [0.4, 0.5) is 0 Å². The highest BCUT2D eigenvalue weighted by molar-refractivity contribution is 5.89. The molecule has 6 heteroatoms. The number of hydrogen-bond donors (Lipinski definition) is 2. The van der Waals surface area contributed by atoms with Gasteiger partial charge in [-0.25, -0.2) is 4.98 Å². The molecule has 0 radical (unpaired) electrons. The van der Waals surface area contributed by atoms with E-state index in [1.807, 2.05) is 6.20 Å². The Morgan fingerprint density at radius 2 is 1.72 bits per heavy atom. The van der Waals surface area contributed by atoms with Crippen molar-refractivity contribution in [2.24, 2.45) is 0 Å². The van der Waals surface area contributed by atoms with E-state index in [9.17, 15) is 9.59 Å². The van der Waals surface area contributed by atoms with Crippen LogP contribution in [0.3, 0.4) is 0 Å². The molecule has 96 valence electrons. The van der Waals surface area contributed by atoms with Crippen LogP contribution in [-0.4, -0.2) is 28.0 Å². The van der Waals surface area contributed by atoms with Gasteiger partial charge in [0.15, 0.2) is 0 Å². The summed E-state index contributed by atoms with van der Waals surface area (Å²) in [4.78, 5) is 24.7. The third kappa shape index (κ3) is 7.63. The molecular formula is C12H16N4O2. The molecule has 0 saturated heterocycles. The minimum absolute atomic E-state index is 0.0930. The first kappa shape index (κ1) is 15.4. The van der Waals surface area contributed by atoms with E-state index in [-0.39, 0.29) is 18.5 Å². The number of aromatic nitrogens is 2. The van der Waals surface area contributed by atoms with Gasteiger partial charge in [0.25, 0.3) is 0 Å². The molecule has 0 aliphatic rings. The van der Waals surface area contributed by atoms with Gasteiger partial charge >= 0.3 is 0 Å². The van der Waals surface area contributed by atoms with E-state index in [1.165, 1.54) is 0 Å². The standard InChI is InChI=1S/C7H10N2O2.C5H6N2/c1-3-6(10)8-5-9-7(11)4-2;1-2-7-4-3-6-5-7/h3-4H,1-2,5H2,(H,8,10)(H,9,11);2-5H,1H2. The van der Waals surface area contributed by atoms with Crippen molar-refractivity contribution in [3.8, 4) is 0 Å². The lowest BCUT2D eigenvalue weighted by atomic mass is 10.5. The first-order chi connectivity index (χ1) is 8.63. The second kappa shape index (κ2) is 9.59. The molecule has 0 aliphatic carbocycles. The number of carbonyl (C=O) groups is 2. The number of carbonyl (C=O) groups excluding carboxylic acids is 2. The highest BCUT2D eigenvalue weighted by Crippen LogP contribution is 1.81. The summed E-state index contributed by atoms with van der Waals surface area (Å²) in [7, 11) is 0. The normalized spacial score (nSPS) is 8.22. The predicted octanol–water partition coefficient (Wildman–Crippen LogP) is 0.532. The smallest absolute Gasteiger partial charge is 0.244 e. The zero-order valence-corrected chi connectivity index (χ0v) is 10.0. The van der Waals surface area contributed by atoms with E-state index in [4.69, 9.17) is 0 Å². The molecule has 0 unspecified atom stereocenters. The van der Waals surface area contributed by atoms with Crippen LogP contribution in [0.5, 0.6) is 0 Å². The zero-order valence-electron chi connectivity index (χ0n) is 10.0. The Bertz CT molecular complexity index is 390. The second-order valence-corrected chi connectivity index (χ2v) is 2.86. The van der Waals surface area contributed by atoms with Gasteiger partial charge in [0, 0.05) is 18.6 Å². The van der Waals surface area contributed by atoms with Crippen molar-refractivity contribution in [2.45, 2.75) is 0 Å². The molecule has 0 aromatic carbocycles. The number of amides is 2. The Balaban J connectivity index is 0.000000351. The lowest BCUT2D eigenvalue weighted by Crippen LogP contribution is -2.35. The summed E-state index contributed by atoms with van der Waals surface area (Å²) in [6.45, 7) is 10.1. The summed E-state index contributed by atoms with van der Waals surface area (Å²) < 4.78 is 1.78. The van der Waals surface area contributed by atoms with E-state index < -0.39 is 0 Å². The Morgan fingerprint density at radius 1 is 1.17 bits per heavy atom. The minimum atomic E-state index is -0.325. The fourth-order valence-corrected chi connectivity index (χ4v) is 0.740. The molecule has 2 amide bonds. The third-order valence-electron chi connectivity index (χ3n) is 1.63. The molecule has 0 aliphatic heterocycles. The second-order valence-electron chi connectivity index (χ2n) is 2.86. The van der Waals surface area contributed by atoms with Gasteiger partial charge in [-0.1, -0.05) is 19.7 Å². The van der Waals surface area contributed by atoms with E-state index in [0.29, 0.717) is 0 Å². The predicted molar refractivity (Wildman–Crippen MR) is 70.2 cm³/mol. The number of nitrogens with zero attached hydrogens (tertiary/aromatic N) is 2. The third-order valence-corrected chi connectivity index (χ3v) is 1.63. The molecule has 6 nitrogen and oxygen atoms in total. The first-order valence-corrected chi connectivity index (χ1v) is 5.04. The average Bonchev–Trinajstić information content (AvgIpc) is 2.92. The summed E-state index contributed by atoms with van der Waals surface area (Å²) in [5.41, 5.74) is 0. The van der Waals surface area contributed by atoms with Gasteiger partial charge in [-0.05, 0) is 12.2 Å². The molecule has 1 rings (SSSR count). The minimum Gasteiger partial charge on any atom is -0.335 e. The van der Waals surface area contributed by atoms with Crippen molar-refractivity contribution in [1.29, 1.82) is 0 Å². The zero-order chi connectivity index (χ0) is 13.8. The van der Waals surface area contributed by atoms with E-state index in [0.717, 1.165) is 12.2 Å². The average molecular weight is 248 g/mol. The Morgan fingerprint density at radius 3 is 2.00 bits per heavy atom. The molecule has 0 fully saturated rings. The number of imidazole rings is 1. The highest BCUT2D eigenvalue weighted by Gasteiger charge is 1.93. The van der Waals surface area contributed by atoms with Crippen molar-refractivity contribution in [3.05, 3.63) is 50.6 Å². The molecular weight excluding hydrogens is 232 g/mol. The fraction of sp³-hybridized carbons (Fsp3) is 0.0833. The van der Waals surface area contributed by atoms with Gasteiger partial charge in [0.05, 0.1) is 13.0 Å². The van der Waals surface area contributed by atoms with Crippen LogP contribution in [0.25, 0.3) is 6.20 Å². The van der Waals surface area contributed by atoms with E-state index in [1.54, 1.807) is 23.3 Å². The molecule has 1 aromatic heterocycles. The van der Waals surface area contributed by atoms with Gasteiger partial charge in [-0.3, -0.25) is 9.59 Å². The van der Waals surface area contributed by atoms with Crippen molar-refractivity contribution in [1.82, 2.24) is 20.2 Å². The van der Waals surface area contributed by atoms with Crippen LogP contribution in [0.2, 0.25) is 0 Å². The lowest BCUT2D eigenvalue weighted by Gasteiger charge is -2.01. The van der Waals surface area contributed by atoms with Crippen molar-refractivity contribution >= 4 is 18.0 Å². The SMILES string of the molecule is C=CC(=O)NCNC(=O)C=C.C=Cn1ccnc1. The molecule has 1 aromatic rings. The quantitative estimate of drug-likeness (QED) is 0.589.